The zero-order valence-electron chi connectivity index (χ0n) is 12.3. The number of carboxylic acids is 1. The van der Waals surface area contributed by atoms with Crippen LogP contribution in [-0.2, 0) is 11.3 Å². The Morgan fingerprint density at radius 2 is 1.78 bits per heavy atom. The van der Waals surface area contributed by atoms with Gasteiger partial charge in [0.1, 0.15) is 5.82 Å². The molecule has 0 aliphatic rings. The number of nitrogens with zero attached hydrogens (tertiary/aromatic N) is 2. The molecule has 0 amide bonds. The van der Waals surface area contributed by atoms with Crippen LogP contribution in [0.15, 0.2) is 59.4 Å². The van der Waals surface area contributed by atoms with Gasteiger partial charge in [0.25, 0.3) is 5.56 Å². The predicted octanol–water partition coefficient (Wildman–Crippen LogP) is 1.56. The van der Waals surface area contributed by atoms with Crippen LogP contribution in [0.4, 0.5) is 0 Å². The van der Waals surface area contributed by atoms with E-state index in [1.807, 2.05) is 36.4 Å². The summed E-state index contributed by atoms with van der Waals surface area (Å²) in [6.07, 6.45) is 0. The molecule has 0 atom stereocenters. The lowest BCUT2D eigenvalue weighted by Crippen LogP contribution is -2.29. The van der Waals surface area contributed by atoms with Gasteiger partial charge in [-0.2, -0.15) is 0 Å². The van der Waals surface area contributed by atoms with Crippen molar-refractivity contribution in [2.75, 3.05) is 6.54 Å². The number of hydrogen-bond donors (Lipinski definition) is 2. The Balaban J connectivity index is 2.15. The van der Waals surface area contributed by atoms with Gasteiger partial charge in [-0.15, -0.1) is 0 Å². The molecule has 3 rings (SSSR count). The molecule has 6 heteroatoms. The standard InChI is InChI=1S/C17H15N3O3/c21-16(22)11-18-10-15-19-14-9-5-4-8-13(14)17(23)20(15)12-6-2-1-3-7-12/h1-9,18H,10-11H2,(H,21,22). The molecular formula is C17H15N3O3. The Hall–Kier alpha value is -2.99. The smallest absolute Gasteiger partial charge is 0.317 e. The quantitative estimate of drug-likeness (QED) is 0.747. The minimum absolute atomic E-state index is 0.172. The molecule has 0 spiro atoms. The van der Waals surface area contributed by atoms with Crippen molar-refractivity contribution in [2.45, 2.75) is 6.54 Å². The van der Waals surface area contributed by atoms with E-state index in [2.05, 4.69) is 10.3 Å². The molecule has 6 nitrogen and oxygen atoms in total. The monoisotopic (exact) mass is 309 g/mol. The summed E-state index contributed by atoms with van der Waals surface area (Å²) in [6.45, 7) is -0.0151. The van der Waals surface area contributed by atoms with Crippen molar-refractivity contribution >= 4 is 16.9 Å². The highest BCUT2D eigenvalue weighted by atomic mass is 16.4. The van der Waals surface area contributed by atoms with Gasteiger partial charge in [0.15, 0.2) is 0 Å². The molecule has 2 aromatic carbocycles. The van der Waals surface area contributed by atoms with Crippen LogP contribution >= 0.6 is 0 Å². The van der Waals surface area contributed by atoms with E-state index in [1.54, 1.807) is 18.2 Å². The summed E-state index contributed by atoms with van der Waals surface area (Å²) in [4.78, 5) is 28.0. The van der Waals surface area contributed by atoms with Crippen LogP contribution in [0.25, 0.3) is 16.6 Å². The average molecular weight is 309 g/mol. The molecule has 1 aromatic heterocycles. The normalized spacial score (nSPS) is 10.8. The largest absolute Gasteiger partial charge is 0.480 e. The zero-order chi connectivity index (χ0) is 16.2. The fourth-order valence-corrected chi connectivity index (χ4v) is 2.42. The molecule has 0 unspecified atom stereocenters. The van der Waals surface area contributed by atoms with E-state index in [1.165, 1.54) is 4.57 Å². The van der Waals surface area contributed by atoms with Gasteiger partial charge in [0.2, 0.25) is 0 Å². The van der Waals surface area contributed by atoms with Gasteiger partial charge in [-0.1, -0.05) is 30.3 Å². The first-order valence-electron chi connectivity index (χ1n) is 7.15. The Morgan fingerprint density at radius 1 is 1.09 bits per heavy atom. The van der Waals surface area contributed by atoms with Crippen molar-refractivity contribution in [1.82, 2.24) is 14.9 Å². The molecule has 1 heterocycles. The van der Waals surface area contributed by atoms with Gasteiger partial charge < -0.3 is 5.11 Å². The van der Waals surface area contributed by atoms with Gasteiger partial charge in [0.05, 0.1) is 29.7 Å². The number of aromatic nitrogens is 2. The molecule has 0 aliphatic carbocycles. The summed E-state index contributed by atoms with van der Waals surface area (Å²) >= 11 is 0. The lowest BCUT2D eigenvalue weighted by molar-refractivity contribution is -0.136. The van der Waals surface area contributed by atoms with Crippen molar-refractivity contribution in [1.29, 1.82) is 0 Å². The third kappa shape index (κ3) is 3.12. The van der Waals surface area contributed by atoms with E-state index < -0.39 is 5.97 Å². The summed E-state index contributed by atoms with van der Waals surface area (Å²) in [7, 11) is 0. The Kier molecular flexibility index (Phi) is 4.16. The molecular weight excluding hydrogens is 294 g/mol. The minimum atomic E-state index is -0.959. The van der Waals surface area contributed by atoms with Gasteiger partial charge in [-0.3, -0.25) is 19.5 Å². The van der Waals surface area contributed by atoms with Crippen LogP contribution in [0.1, 0.15) is 5.82 Å². The first kappa shape index (κ1) is 14.9. The first-order chi connectivity index (χ1) is 11.2. The van der Waals surface area contributed by atoms with Gasteiger partial charge in [-0.25, -0.2) is 4.98 Å². The lowest BCUT2D eigenvalue weighted by Gasteiger charge is -2.13. The molecule has 0 radical (unpaired) electrons. The summed E-state index contributed by atoms with van der Waals surface area (Å²) in [5.41, 5.74) is 1.12. The molecule has 0 fully saturated rings. The Bertz CT molecular complexity index is 904. The van der Waals surface area contributed by atoms with Crippen LogP contribution in [0.5, 0.6) is 0 Å². The van der Waals surface area contributed by atoms with Crippen molar-refractivity contribution in [3.8, 4) is 5.69 Å². The molecule has 23 heavy (non-hydrogen) atoms. The molecule has 0 saturated carbocycles. The first-order valence-corrected chi connectivity index (χ1v) is 7.15. The minimum Gasteiger partial charge on any atom is -0.480 e. The molecule has 3 aromatic rings. The van der Waals surface area contributed by atoms with Crippen LogP contribution < -0.4 is 10.9 Å². The lowest BCUT2D eigenvalue weighted by atomic mass is 10.2. The number of carbonyl (C=O) groups is 1. The highest BCUT2D eigenvalue weighted by Crippen LogP contribution is 2.12. The molecule has 0 aliphatic heterocycles. The van der Waals surface area contributed by atoms with E-state index in [-0.39, 0.29) is 18.6 Å². The van der Waals surface area contributed by atoms with Crippen LogP contribution in [0.3, 0.4) is 0 Å². The molecule has 2 N–H and O–H groups in total. The highest BCUT2D eigenvalue weighted by Gasteiger charge is 2.12. The zero-order valence-corrected chi connectivity index (χ0v) is 12.3. The summed E-state index contributed by atoms with van der Waals surface area (Å²) < 4.78 is 1.51. The highest BCUT2D eigenvalue weighted by molar-refractivity contribution is 5.77. The second-order valence-electron chi connectivity index (χ2n) is 5.02. The summed E-state index contributed by atoms with van der Waals surface area (Å²) in [5, 5.41) is 12.1. The maximum atomic E-state index is 12.8. The van der Waals surface area contributed by atoms with E-state index in [0.29, 0.717) is 22.4 Å². The van der Waals surface area contributed by atoms with E-state index >= 15 is 0 Å². The second-order valence-corrected chi connectivity index (χ2v) is 5.02. The van der Waals surface area contributed by atoms with Gasteiger partial charge in [0, 0.05) is 0 Å². The number of nitrogens with one attached hydrogen (secondary N) is 1. The Morgan fingerprint density at radius 3 is 2.52 bits per heavy atom. The summed E-state index contributed by atoms with van der Waals surface area (Å²) in [6, 6.07) is 16.3. The van der Waals surface area contributed by atoms with E-state index in [0.717, 1.165) is 0 Å². The third-order valence-corrected chi connectivity index (χ3v) is 3.42. The molecule has 116 valence electrons. The number of aliphatic carboxylic acids is 1. The van der Waals surface area contributed by atoms with E-state index in [4.69, 9.17) is 5.11 Å². The topological polar surface area (TPSA) is 84.2 Å². The number of benzene rings is 2. The average Bonchev–Trinajstić information content (AvgIpc) is 2.55. The Labute approximate surface area is 132 Å². The third-order valence-electron chi connectivity index (χ3n) is 3.42. The maximum absolute atomic E-state index is 12.8. The SMILES string of the molecule is O=C(O)CNCc1nc2ccccc2c(=O)n1-c1ccccc1. The number of para-hydroxylation sites is 2. The fourth-order valence-electron chi connectivity index (χ4n) is 2.42. The van der Waals surface area contributed by atoms with Crippen LogP contribution in [0, 0.1) is 0 Å². The van der Waals surface area contributed by atoms with Crippen molar-refractivity contribution in [3.05, 3.63) is 70.8 Å². The van der Waals surface area contributed by atoms with Crippen LogP contribution in [-0.4, -0.2) is 27.2 Å². The van der Waals surface area contributed by atoms with Gasteiger partial charge >= 0.3 is 5.97 Å². The number of fused-ring (bicyclic) bond motifs is 1. The van der Waals surface area contributed by atoms with Crippen molar-refractivity contribution < 1.29 is 9.90 Å². The van der Waals surface area contributed by atoms with Crippen molar-refractivity contribution in [3.63, 3.8) is 0 Å². The van der Waals surface area contributed by atoms with Crippen molar-refractivity contribution in [2.24, 2.45) is 0 Å². The number of carboxylic acid groups (broad SMARTS) is 1. The van der Waals surface area contributed by atoms with Gasteiger partial charge in [-0.05, 0) is 24.3 Å². The maximum Gasteiger partial charge on any atom is 0.317 e. The van der Waals surface area contributed by atoms with Crippen LogP contribution in [0.2, 0.25) is 0 Å². The molecule has 0 bridgehead atoms. The summed E-state index contributed by atoms with van der Waals surface area (Å²) in [5.74, 6) is -0.486. The predicted molar refractivity (Wildman–Crippen MR) is 86.7 cm³/mol. The fraction of sp³-hybridized carbons (Fsp3) is 0.118. The second kappa shape index (κ2) is 6.41. The molecule has 0 saturated heterocycles. The number of rotatable bonds is 5. The number of hydrogen-bond acceptors (Lipinski definition) is 4. The van der Waals surface area contributed by atoms with E-state index in [9.17, 15) is 9.59 Å².